The van der Waals surface area contributed by atoms with Gasteiger partial charge in [-0.25, -0.2) is 0 Å². The molecule has 0 amide bonds. The predicted octanol–water partition coefficient (Wildman–Crippen LogP) is 6.85. The van der Waals surface area contributed by atoms with Gasteiger partial charge in [-0.05, 0) is 61.7 Å². The summed E-state index contributed by atoms with van der Waals surface area (Å²) in [5.74, 6) is 0.532. The Balaban J connectivity index is 1.28. The van der Waals surface area contributed by atoms with Crippen LogP contribution in [0.25, 0.3) is 21.8 Å². The Labute approximate surface area is 227 Å². The molecule has 1 aromatic heterocycles. The third-order valence-electron chi connectivity index (χ3n) is 6.63. The molecule has 0 N–H and O–H groups in total. The monoisotopic (exact) mass is 538 g/mol. The summed E-state index contributed by atoms with van der Waals surface area (Å²) in [6, 6.07) is 22.1. The molecule has 0 spiro atoms. The number of Topliss-reactive ketones (excluding diaryl/α,β-unsaturated/α-hetero) is 1. The van der Waals surface area contributed by atoms with E-state index in [1.54, 1.807) is 0 Å². The van der Waals surface area contributed by atoms with Crippen molar-refractivity contribution in [3.05, 3.63) is 77.9 Å². The van der Waals surface area contributed by atoms with Crippen molar-refractivity contribution in [3.63, 3.8) is 0 Å². The Bertz CT molecular complexity index is 1360. The van der Waals surface area contributed by atoms with Crippen LogP contribution in [-0.4, -0.2) is 47.8 Å². The molecule has 4 aromatic rings. The normalized spacial score (nSPS) is 11.2. The molecule has 7 heteroatoms. The Morgan fingerprint density at radius 2 is 1.59 bits per heavy atom. The number of nitrogens with zero attached hydrogens (tertiary/aromatic N) is 2. The number of fused-ring (bicyclic) bond motifs is 3. The zero-order valence-electron chi connectivity index (χ0n) is 21.1. The summed E-state index contributed by atoms with van der Waals surface area (Å²) in [5.41, 5.74) is 5.02. The second-order valence-corrected chi connectivity index (χ2v) is 9.72. The second-order valence-electron chi connectivity index (χ2n) is 8.96. The minimum absolute atomic E-state index is 0.197. The molecular formula is C30H32Cl2N2O3. The molecule has 0 aliphatic rings. The number of ether oxygens (including phenoxy) is 1. The molecule has 0 unspecified atom stereocenters. The lowest BCUT2D eigenvalue weighted by molar-refractivity contribution is -0.142. The van der Waals surface area contributed by atoms with Gasteiger partial charge in [-0.3, -0.25) is 9.59 Å². The van der Waals surface area contributed by atoms with Gasteiger partial charge in [0.25, 0.3) is 0 Å². The maximum absolute atomic E-state index is 12.8. The summed E-state index contributed by atoms with van der Waals surface area (Å²) in [7, 11) is 0. The van der Waals surface area contributed by atoms with Crippen LogP contribution in [0.2, 0.25) is 0 Å². The SMILES string of the molecule is CCn1c2ccccc2c2cc(C(=O)COC(=O)CCCc3ccc(N(CCCl)CCCl)cc3)ccc21. The maximum Gasteiger partial charge on any atom is 0.306 e. The van der Waals surface area contributed by atoms with Crippen molar-refractivity contribution >= 4 is 62.4 Å². The molecule has 0 aliphatic carbocycles. The number of halogens is 2. The van der Waals surface area contributed by atoms with E-state index in [4.69, 9.17) is 27.9 Å². The number of benzene rings is 3. The van der Waals surface area contributed by atoms with Crippen LogP contribution in [0.3, 0.4) is 0 Å². The Kier molecular flexibility index (Phi) is 9.48. The number of carbonyl (C=O) groups excluding carboxylic acids is 2. The quantitative estimate of drug-likeness (QED) is 0.106. The van der Waals surface area contributed by atoms with Crippen molar-refractivity contribution in [1.82, 2.24) is 4.57 Å². The molecule has 37 heavy (non-hydrogen) atoms. The molecule has 4 rings (SSSR count). The van der Waals surface area contributed by atoms with E-state index in [1.165, 1.54) is 0 Å². The minimum Gasteiger partial charge on any atom is -0.457 e. The van der Waals surface area contributed by atoms with E-state index in [-0.39, 0.29) is 24.8 Å². The average molecular weight is 540 g/mol. The summed E-state index contributed by atoms with van der Waals surface area (Å²) in [5, 5.41) is 2.15. The van der Waals surface area contributed by atoms with E-state index in [1.807, 2.05) is 30.3 Å². The number of aryl methyl sites for hydroxylation is 2. The highest BCUT2D eigenvalue weighted by Crippen LogP contribution is 2.29. The maximum atomic E-state index is 12.8. The first-order valence-electron chi connectivity index (χ1n) is 12.7. The molecule has 3 aromatic carbocycles. The van der Waals surface area contributed by atoms with E-state index in [0.717, 1.165) is 59.1 Å². The number of esters is 1. The fourth-order valence-corrected chi connectivity index (χ4v) is 5.16. The largest absolute Gasteiger partial charge is 0.457 e. The number of alkyl halides is 2. The van der Waals surface area contributed by atoms with Crippen molar-refractivity contribution in [2.45, 2.75) is 32.7 Å². The summed E-state index contributed by atoms with van der Waals surface area (Å²) in [4.78, 5) is 27.2. The third kappa shape index (κ3) is 6.46. The third-order valence-corrected chi connectivity index (χ3v) is 6.97. The minimum atomic E-state index is -0.357. The lowest BCUT2D eigenvalue weighted by atomic mass is 10.1. The molecular weight excluding hydrogens is 507 g/mol. The number of anilines is 1. The van der Waals surface area contributed by atoms with Crippen LogP contribution in [0.1, 0.15) is 35.7 Å². The number of rotatable bonds is 13. The lowest BCUT2D eigenvalue weighted by Crippen LogP contribution is -2.27. The highest BCUT2D eigenvalue weighted by molar-refractivity contribution is 6.18. The van der Waals surface area contributed by atoms with E-state index >= 15 is 0 Å². The van der Waals surface area contributed by atoms with Gasteiger partial charge in [0.15, 0.2) is 12.4 Å². The number of carbonyl (C=O) groups is 2. The highest BCUT2D eigenvalue weighted by Gasteiger charge is 2.14. The van der Waals surface area contributed by atoms with Crippen LogP contribution >= 0.6 is 23.2 Å². The number of para-hydroxylation sites is 1. The van der Waals surface area contributed by atoms with Crippen molar-refractivity contribution < 1.29 is 14.3 Å². The number of hydrogen-bond donors (Lipinski definition) is 0. The van der Waals surface area contributed by atoms with Crippen LogP contribution in [-0.2, 0) is 22.5 Å². The molecule has 0 saturated heterocycles. The van der Waals surface area contributed by atoms with Gasteiger partial charge in [0.05, 0.1) is 0 Å². The molecule has 0 fully saturated rings. The topological polar surface area (TPSA) is 51.5 Å². The van der Waals surface area contributed by atoms with Gasteiger partial charge in [0, 0.05) is 70.9 Å². The van der Waals surface area contributed by atoms with E-state index in [0.29, 0.717) is 23.7 Å². The van der Waals surface area contributed by atoms with Crippen LogP contribution in [0, 0.1) is 0 Å². The average Bonchev–Trinajstić information content (AvgIpc) is 3.25. The van der Waals surface area contributed by atoms with E-state index < -0.39 is 0 Å². The first-order valence-corrected chi connectivity index (χ1v) is 13.8. The second kappa shape index (κ2) is 13.0. The zero-order chi connectivity index (χ0) is 26.2. The van der Waals surface area contributed by atoms with Crippen LogP contribution < -0.4 is 4.90 Å². The van der Waals surface area contributed by atoms with Crippen molar-refractivity contribution in [2.75, 3.05) is 36.4 Å². The van der Waals surface area contributed by atoms with Gasteiger partial charge in [-0.2, -0.15) is 0 Å². The summed E-state index contributed by atoms with van der Waals surface area (Å²) >= 11 is 11.8. The Morgan fingerprint density at radius 1 is 0.892 bits per heavy atom. The van der Waals surface area contributed by atoms with Gasteiger partial charge >= 0.3 is 5.97 Å². The lowest BCUT2D eigenvalue weighted by Gasteiger charge is -2.23. The smallest absolute Gasteiger partial charge is 0.306 e. The zero-order valence-corrected chi connectivity index (χ0v) is 22.6. The Morgan fingerprint density at radius 3 is 2.30 bits per heavy atom. The fourth-order valence-electron chi connectivity index (χ4n) is 4.75. The van der Waals surface area contributed by atoms with Gasteiger partial charge in [-0.15, -0.1) is 23.2 Å². The summed E-state index contributed by atoms with van der Waals surface area (Å²) in [6.45, 7) is 4.20. The molecule has 0 radical (unpaired) electrons. The number of hydrogen-bond acceptors (Lipinski definition) is 4. The molecule has 0 bridgehead atoms. The van der Waals surface area contributed by atoms with Gasteiger partial charge < -0.3 is 14.2 Å². The van der Waals surface area contributed by atoms with E-state index in [9.17, 15) is 9.59 Å². The van der Waals surface area contributed by atoms with E-state index in [2.05, 4.69) is 52.8 Å². The first kappa shape index (κ1) is 27.0. The molecule has 0 atom stereocenters. The first-order chi connectivity index (χ1) is 18.0. The van der Waals surface area contributed by atoms with Crippen molar-refractivity contribution in [2.24, 2.45) is 0 Å². The van der Waals surface area contributed by atoms with Gasteiger partial charge in [0.1, 0.15) is 0 Å². The van der Waals surface area contributed by atoms with Crippen LogP contribution in [0.15, 0.2) is 66.7 Å². The van der Waals surface area contributed by atoms with Gasteiger partial charge in [-0.1, -0.05) is 30.3 Å². The molecule has 194 valence electrons. The summed E-state index contributed by atoms with van der Waals surface area (Å²) in [6.07, 6.45) is 1.68. The van der Waals surface area contributed by atoms with Crippen LogP contribution in [0.5, 0.6) is 0 Å². The highest BCUT2D eigenvalue weighted by atomic mass is 35.5. The molecule has 0 aliphatic heterocycles. The number of aromatic nitrogens is 1. The molecule has 1 heterocycles. The molecule has 5 nitrogen and oxygen atoms in total. The standard InChI is InChI=1S/C30H32Cl2N2O3/c1-2-34-27-8-4-3-7-25(27)26-20-23(12-15-28(26)34)29(35)21-37-30(36)9-5-6-22-10-13-24(14-11-22)33(18-16-31)19-17-32/h3-4,7-8,10-15,20H,2,5-6,9,16-19,21H2,1H3. The van der Waals surface area contributed by atoms with Crippen LogP contribution in [0.4, 0.5) is 5.69 Å². The predicted molar refractivity (Wildman–Crippen MR) is 153 cm³/mol. The fraction of sp³-hybridized carbons (Fsp3) is 0.333. The molecule has 0 saturated carbocycles. The van der Waals surface area contributed by atoms with Crippen molar-refractivity contribution in [3.8, 4) is 0 Å². The summed E-state index contributed by atoms with van der Waals surface area (Å²) < 4.78 is 7.54. The number of ketones is 1. The Hall–Kier alpha value is -3.02. The van der Waals surface area contributed by atoms with Gasteiger partial charge in [0.2, 0.25) is 0 Å². The van der Waals surface area contributed by atoms with Crippen molar-refractivity contribution in [1.29, 1.82) is 0 Å².